The number of halogens is 3. The predicted molar refractivity (Wildman–Crippen MR) is 107 cm³/mol. The lowest BCUT2D eigenvalue weighted by Crippen LogP contribution is -2.28. The van der Waals surface area contributed by atoms with Gasteiger partial charge >= 0.3 is 6.18 Å². The van der Waals surface area contributed by atoms with E-state index in [9.17, 15) is 18.0 Å². The van der Waals surface area contributed by atoms with Crippen LogP contribution in [0.3, 0.4) is 0 Å². The van der Waals surface area contributed by atoms with Crippen LogP contribution in [0.1, 0.15) is 45.3 Å². The summed E-state index contributed by atoms with van der Waals surface area (Å²) in [6.45, 7) is 2.22. The normalized spacial score (nSPS) is 14.4. The summed E-state index contributed by atoms with van der Waals surface area (Å²) in [6, 6.07) is 0. The van der Waals surface area contributed by atoms with E-state index in [4.69, 9.17) is 0 Å². The third-order valence-electron chi connectivity index (χ3n) is 5.28. The number of carbonyl (C=O) groups is 1. The summed E-state index contributed by atoms with van der Waals surface area (Å²) in [5.74, 6) is 0.482. The van der Waals surface area contributed by atoms with Gasteiger partial charge in [-0.1, -0.05) is 0 Å². The molecule has 29 heavy (non-hydrogen) atoms. The van der Waals surface area contributed by atoms with Crippen LogP contribution in [0.4, 0.5) is 13.2 Å². The van der Waals surface area contributed by atoms with Gasteiger partial charge in [0.05, 0.1) is 16.3 Å². The van der Waals surface area contributed by atoms with Crippen molar-refractivity contribution in [2.45, 2.75) is 49.5 Å². The maximum Gasteiger partial charge on any atom is 0.435 e. The summed E-state index contributed by atoms with van der Waals surface area (Å²) in [4.78, 5) is 17.6. The molecule has 0 unspecified atom stereocenters. The summed E-state index contributed by atoms with van der Waals surface area (Å²) >= 11 is 5.64. The first-order valence-corrected chi connectivity index (χ1v) is 10.5. The van der Waals surface area contributed by atoms with Crippen molar-refractivity contribution >= 4 is 40.9 Å². The van der Waals surface area contributed by atoms with Crippen molar-refractivity contribution in [3.8, 4) is 0 Å². The molecule has 3 aromatic heterocycles. The smallest absolute Gasteiger partial charge is 0.349 e. The van der Waals surface area contributed by atoms with Gasteiger partial charge in [0.2, 0.25) is 0 Å². The van der Waals surface area contributed by atoms with Crippen LogP contribution in [0.15, 0.2) is 4.21 Å². The topological polar surface area (TPSA) is 64.7 Å². The molecule has 0 bridgehead atoms. The highest BCUT2D eigenvalue weighted by atomic mass is 32.2. The molecule has 0 fully saturated rings. The number of amides is 1. The van der Waals surface area contributed by atoms with Gasteiger partial charge in [-0.3, -0.25) is 9.48 Å². The Balaban J connectivity index is 1.51. The van der Waals surface area contributed by atoms with E-state index in [2.05, 4.69) is 28.0 Å². The number of hydrogen-bond acceptors (Lipinski definition) is 5. The van der Waals surface area contributed by atoms with Gasteiger partial charge in [0.1, 0.15) is 16.2 Å². The number of carbonyl (C=O) groups excluding carboxylic acids is 1. The van der Waals surface area contributed by atoms with Crippen LogP contribution in [-0.2, 0) is 32.6 Å². The van der Waals surface area contributed by atoms with Crippen LogP contribution in [0, 0.1) is 6.92 Å². The zero-order valence-corrected chi connectivity index (χ0v) is 17.6. The van der Waals surface area contributed by atoms with E-state index >= 15 is 0 Å². The van der Waals surface area contributed by atoms with Crippen molar-refractivity contribution in [1.82, 2.24) is 24.6 Å². The average Bonchev–Trinajstić information content (AvgIpc) is 3.29. The fourth-order valence-electron chi connectivity index (χ4n) is 3.81. The Kier molecular flexibility index (Phi) is 5.14. The van der Waals surface area contributed by atoms with Crippen LogP contribution < -0.4 is 5.32 Å². The largest absolute Gasteiger partial charge is 0.435 e. The Morgan fingerprint density at radius 2 is 2.03 bits per heavy atom. The summed E-state index contributed by atoms with van der Waals surface area (Å²) in [7, 11) is 1.83. The highest BCUT2D eigenvalue weighted by Crippen LogP contribution is 2.36. The van der Waals surface area contributed by atoms with E-state index in [1.807, 2.05) is 18.5 Å². The Morgan fingerprint density at radius 1 is 1.31 bits per heavy atom. The lowest BCUT2D eigenvalue weighted by molar-refractivity contribution is -0.142. The van der Waals surface area contributed by atoms with E-state index in [0.717, 1.165) is 18.7 Å². The molecule has 1 aliphatic carbocycles. The van der Waals surface area contributed by atoms with E-state index in [1.165, 1.54) is 16.0 Å². The minimum atomic E-state index is -4.46. The van der Waals surface area contributed by atoms with Crippen LogP contribution >= 0.6 is 24.0 Å². The Labute approximate surface area is 174 Å². The number of thiol groups is 1. The molecule has 0 aromatic carbocycles. The number of aryl methyl sites for hydroxylation is 2. The molecule has 4 rings (SSSR count). The molecule has 156 valence electrons. The highest BCUT2D eigenvalue weighted by Gasteiger charge is 2.39. The molecule has 0 spiro atoms. The molecule has 6 nitrogen and oxygen atoms in total. The third kappa shape index (κ3) is 3.54. The minimum absolute atomic E-state index is 0.183. The van der Waals surface area contributed by atoms with Crippen LogP contribution in [0.25, 0.3) is 11.0 Å². The lowest BCUT2D eigenvalue weighted by atomic mass is 9.95. The molecule has 3 heterocycles. The second kappa shape index (κ2) is 7.35. The van der Waals surface area contributed by atoms with E-state index in [1.54, 1.807) is 0 Å². The number of rotatable bonds is 4. The van der Waals surface area contributed by atoms with Crippen LogP contribution in [0.5, 0.6) is 0 Å². The monoisotopic (exact) mass is 443 g/mol. The molecule has 1 amide bonds. The summed E-state index contributed by atoms with van der Waals surface area (Å²) in [6.07, 6.45) is -1.90. The molecule has 0 saturated heterocycles. The van der Waals surface area contributed by atoms with E-state index in [0.29, 0.717) is 44.2 Å². The first kappa shape index (κ1) is 20.3. The molecule has 1 N–H and O–H groups in total. The van der Waals surface area contributed by atoms with Crippen LogP contribution in [-0.4, -0.2) is 31.8 Å². The Morgan fingerprint density at radius 3 is 2.76 bits per heavy atom. The predicted octanol–water partition coefficient (Wildman–Crippen LogP) is 3.76. The molecule has 0 aliphatic heterocycles. The first-order valence-electron chi connectivity index (χ1n) is 9.27. The van der Waals surface area contributed by atoms with Gasteiger partial charge in [-0.2, -0.15) is 18.3 Å². The number of aromatic nitrogens is 4. The number of nitrogens with one attached hydrogen (secondary N) is 1. The molecule has 1 aliphatic rings. The van der Waals surface area contributed by atoms with Gasteiger partial charge < -0.3 is 9.88 Å². The number of thiophene rings is 1. The van der Waals surface area contributed by atoms with Crippen molar-refractivity contribution in [2.75, 3.05) is 6.54 Å². The molecular formula is C18H20F3N5OS2. The van der Waals surface area contributed by atoms with Gasteiger partial charge in [0, 0.05) is 24.8 Å². The zero-order chi connectivity index (χ0) is 20.9. The van der Waals surface area contributed by atoms with Crippen molar-refractivity contribution in [2.24, 2.45) is 7.05 Å². The number of alkyl halides is 3. The molecule has 11 heteroatoms. The SMILES string of the molecule is Cc1nc2c(S)sc(C(=O)NCCn3nc(C(F)(F)F)c4c3CCCC4)c2n1C. The van der Waals surface area contributed by atoms with Crippen LogP contribution in [0.2, 0.25) is 0 Å². The van der Waals surface area contributed by atoms with Gasteiger partial charge in [0.25, 0.3) is 5.91 Å². The molecule has 3 aromatic rings. The maximum atomic E-state index is 13.3. The highest BCUT2D eigenvalue weighted by molar-refractivity contribution is 7.83. The maximum absolute atomic E-state index is 13.3. The van der Waals surface area contributed by atoms with Gasteiger partial charge in [-0.25, -0.2) is 4.98 Å². The fourth-order valence-corrected chi connectivity index (χ4v) is 5.16. The standard InChI is InChI=1S/C18H20F3N5OS2/c1-9-23-12-13(25(9)2)14(29-17(12)28)16(27)22-7-8-26-11-6-4-3-5-10(11)15(24-26)18(19,20)21/h28H,3-8H2,1-2H3,(H,22,27). The first-order chi connectivity index (χ1) is 13.7. The number of nitrogens with zero attached hydrogens (tertiary/aromatic N) is 4. The number of imidazole rings is 1. The second-order valence-electron chi connectivity index (χ2n) is 7.11. The van der Waals surface area contributed by atoms with Gasteiger partial charge in [0.15, 0.2) is 5.69 Å². The molecule has 0 saturated carbocycles. The number of hydrogen-bond donors (Lipinski definition) is 2. The summed E-state index contributed by atoms with van der Waals surface area (Å²) < 4.78 is 43.8. The summed E-state index contributed by atoms with van der Waals surface area (Å²) in [5.41, 5.74) is 1.55. The Bertz CT molecular complexity index is 1100. The number of fused-ring (bicyclic) bond motifs is 2. The van der Waals surface area contributed by atoms with E-state index < -0.39 is 11.9 Å². The van der Waals surface area contributed by atoms with Gasteiger partial charge in [-0.05, 0) is 32.6 Å². The molecular weight excluding hydrogens is 423 g/mol. The molecule has 0 atom stereocenters. The van der Waals surface area contributed by atoms with Crippen molar-refractivity contribution in [3.63, 3.8) is 0 Å². The van der Waals surface area contributed by atoms with Crippen molar-refractivity contribution < 1.29 is 18.0 Å². The summed E-state index contributed by atoms with van der Waals surface area (Å²) in [5, 5.41) is 6.62. The van der Waals surface area contributed by atoms with E-state index in [-0.39, 0.29) is 19.0 Å². The quantitative estimate of drug-likeness (QED) is 0.604. The van der Waals surface area contributed by atoms with Gasteiger partial charge in [-0.15, -0.1) is 24.0 Å². The fraction of sp³-hybridized carbons (Fsp3) is 0.500. The average molecular weight is 444 g/mol. The van der Waals surface area contributed by atoms with Crippen molar-refractivity contribution in [3.05, 3.63) is 27.7 Å². The van der Waals surface area contributed by atoms with Crippen molar-refractivity contribution in [1.29, 1.82) is 0 Å². The third-order valence-corrected chi connectivity index (χ3v) is 6.73. The minimum Gasteiger partial charge on any atom is -0.349 e. The Hall–Kier alpha value is -2.01. The zero-order valence-electron chi connectivity index (χ0n) is 15.9. The second-order valence-corrected chi connectivity index (χ2v) is 8.88. The molecule has 0 radical (unpaired) electrons. The lowest BCUT2D eigenvalue weighted by Gasteiger charge is -2.14.